The average Bonchev–Trinajstić information content (AvgIpc) is 3.56. The van der Waals surface area contributed by atoms with Crippen molar-refractivity contribution >= 4 is 28.9 Å². The van der Waals surface area contributed by atoms with E-state index in [2.05, 4.69) is 0 Å². The van der Waals surface area contributed by atoms with Crippen LogP contribution in [0.3, 0.4) is 0 Å². The van der Waals surface area contributed by atoms with Gasteiger partial charge in [-0.1, -0.05) is 36.4 Å². The lowest BCUT2D eigenvalue weighted by atomic mass is 9.93. The number of carbonyl (C=O) groups is 2. The van der Waals surface area contributed by atoms with E-state index in [0.29, 0.717) is 42.2 Å². The number of aromatic nitrogens is 2. The Morgan fingerprint density at radius 3 is 2.58 bits per heavy atom. The molecule has 0 unspecified atom stereocenters. The highest BCUT2D eigenvalue weighted by Gasteiger charge is 2.35. The molecular weight excluding hydrogens is 480 g/mol. The van der Waals surface area contributed by atoms with E-state index in [4.69, 9.17) is 14.3 Å². The zero-order chi connectivity index (χ0) is 26.6. The summed E-state index contributed by atoms with van der Waals surface area (Å²) in [5.41, 5.74) is 3.27. The van der Waals surface area contributed by atoms with Crippen LogP contribution in [0.4, 0.5) is 0 Å². The molecule has 5 rings (SSSR count). The molecule has 38 heavy (non-hydrogen) atoms. The zero-order valence-corrected chi connectivity index (χ0v) is 21.2. The normalized spacial score (nSPS) is 15.1. The highest BCUT2D eigenvalue weighted by Crippen LogP contribution is 2.33. The van der Waals surface area contributed by atoms with E-state index in [-0.39, 0.29) is 17.7 Å². The number of benzene rings is 2. The predicted molar refractivity (Wildman–Crippen MR) is 143 cm³/mol. The van der Waals surface area contributed by atoms with E-state index in [0.717, 1.165) is 21.6 Å². The van der Waals surface area contributed by atoms with Gasteiger partial charge in [-0.25, -0.2) is 4.68 Å². The second-order valence-electron chi connectivity index (χ2n) is 8.84. The first-order chi connectivity index (χ1) is 18.5. The molecule has 2 amide bonds. The van der Waals surface area contributed by atoms with E-state index in [1.54, 1.807) is 17.7 Å². The van der Waals surface area contributed by atoms with Crippen LogP contribution in [0, 0.1) is 11.3 Å². The molecule has 1 aliphatic rings. The Hall–Kier alpha value is -4.74. The van der Waals surface area contributed by atoms with Crippen LogP contribution in [0.1, 0.15) is 25.8 Å². The summed E-state index contributed by atoms with van der Waals surface area (Å²) >= 11 is 0. The summed E-state index contributed by atoms with van der Waals surface area (Å²) in [7, 11) is 0. The van der Waals surface area contributed by atoms with Crippen LogP contribution in [0.2, 0.25) is 0 Å². The molecule has 0 radical (unpaired) electrons. The molecule has 0 saturated heterocycles. The highest BCUT2D eigenvalue weighted by atomic mass is 16.5. The van der Waals surface area contributed by atoms with E-state index < -0.39 is 11.8 Å². The lowest BCUT2D eigenvalue weighted by molar-refractivity contribution is -0.140. The molecule has 1 aliphatic heterocycles. The lowest BCUT2D eigenvalue weighted by Crippen LogP contribution is -2.43. The van der Waals surface area contributed by atoms with Gasteiger partial charge in [-0.2, -0.15) is 10.4 Å². The molecule has 0 bridgehead atoms. The molecule has 0 aliphatic carbocycles. The number of rotatable bonds is 8. The molecule has 8 heteroatoms. The van der Waals surface area contributed by atoms with Gasteiger partial charge in [-0.05, 0) is 56.2 Å². The number of furan rings is 1. The lowest BCUT2D eigenvalue weighted by Gasteiger charge is -2.27. The molecule has 0 fully saturated rings. The van der Waals surface area contributed by atoms with Crippen LogP contribution >= 0.6 is 0 Å². The van der Waals surface area contributed by atoms with Gasteiger partial charge in [-0.15, -0.1) is 0 Å². The molecule has 190 valence electrons. The molecule has 2 aromatic heterocycles. The van der Waals surface area contributed by atoms with Crippen molar-refractivity contribution in [3.63, 3.8) is 0 Å². The second kappa shape index (κ2) is 10.7. The second-order valence-corrected chi connectivity index (χ2v) is 8.84. The van der Waals surface area contributed by atoms with Gasteiger partial charge < -0.3 is 9.15 Å². The van der Waals surface area contributed by atoms with Crippen LogP contribution in [0.15, 0.2) is 88.0 Å². The number of hydrogen-bond acceptors (Lipinski definition) is 6. The highest BCUT2D eigenvalue weighted by molar-refractivity contribution is 6.19. The molecule has 0 N–H and O–H groups in total. The fourth-order valence-electron chi connectivity index (χ4n) is 4.45. The zero-order valence-electron chi connectivity index (χ0n) is 21.2. The third-order valence-electron chi connectivity index (χ3n) is 6.42. The summed E-state index contributed by atoms with van der Waals surface area (Å²) in [6, 6.07) is 21.2. The molecule has 3 heterocycles. The quantitative estimate of drug-likeness (QED) is 0.182. The number of fused-ring (bicyclic) bond motifs is 1. The number of para-hydroxylation sites is 2. The van der Waals surface area contributed by atoms with Crippen molar-refractivity contribution in [1.29, 1.82) is 5.26 Å². The SMILES string of the molecule is CCOCCCN1C(=O)C(C#N)=C(C)/C(=C\c2cn(-c3ccccc3)nc2-c2cc3ccccc3o2)C1=O. The third-order valence-corrected chi connectivity index (χ3v) is 6.42. The molecule has 2 aromatic carbocycles. The topological polar surface area (TPSA) is 101 Å². The largest absolute Gasteiger partial charge is 0.454 e. The first-order valence-corrected chi connectivity index (χ1v) is 12.4. The monoisotopic (exact) mass is 506 g/mol. The summed E-state index contributed by atoms with van der Waals surface area (Å²) in [5, 5.41) is 15.5. The first kappa shape index (κ1) is 24.9. The fraction of sp³-hybridized carbons (Fsp3) is 0.200. The number of carbonyl (C=O) groups excluding carboxylic acids is 2. The number of nitriles is 1. The van der Waals surface area contributed by atoms with Crippen LogP contribution < -0.4 is 0 Å². The molecule has 0 atom stereocenters. The Labute approximate surface area is 220 Å². The van der Waals surface area contributed by atoms with E-state index in [9.17, 15) is 14.9 Å². The maximum atomic E-state index is 13.5. The standard InChI is InChI=1S/C30H26N4O4/c1-3-37-15-9-14-33-29(35)24(20(2)25(18-31)30(33)36)16-22-19-34(23-11-5-4-6-12-23)32-28(22)27-17-21-10-7-8-13-26(21)38-27/h4-8,10-13,16-17,19H,3,9,14-15H2,1-2H3/b24-16+. The third kappa shape index (κ3) is 4.67. The number of nitrogens with zero attached hydrogens (tertiary/aromatic N) is 4. The van der Waals surface area contributed by atoms with Crippen molar-refractivity contribution in [3.05, 3.63) is 89.1 Å². The van der Waals surface area contributed by atoms with Gasteiger partial charge in [0.25, 0.3) is 11.8 Å². The maximum absolute atomic E-state index is 13.5. The Morgan fingerprint density at radius 1 is 1.08 bits per heavy atom. The van der Waals surface area contributed by atoms with Crippen molar-refractivity contribution in [2.24, 2.45) is 0 Å². The molecule has 0 spiro atoms. The van der Waals surface area contributed by atoms with Crippen LogP contribution in [-0.2, 0) is 14.3 Å². The summed E-state index contributed by atoms with van der Waals surface area (Å²) < 4.78 is 13.2. The van der Waals surface area contributed by atoms with Crippen LogP contribution in [-0.4, -0.2) is 46.3 Å². The number of amides is 2. The Balaban J connectivity index is 1.63. The van der Waals surface area contributed by atoms with Gasteiger partial charge in [-0.3, -0.25) is 14.5 Å². The summed E-state index contributed by atoms with van der Waals surface area (Å²) in [6.45, 7) is 4.63. The summed E-state index contributed by atoms with van der Waals surface area (Å²) in [6.07, 6.45) is 3.98. The number of imide groups is 1. The Kier molecular flexibility index (Phi) is 7.03. The molecule has 8 nitrogen and oxygen atoms in total. The summed E-state index contributed by atoms with van der Waals surface area (Å²) in [4.78, 5) is 27.6. The van der Waals surface area contributed by atoms with Gasteiger partial charge in [0.15, 0.2) is 5.76 Å². The van der Waals surface area contributed by atoms with Gasteiger partial charge in [0.05, 0.1) is 5.69 Å². The smallest absolute Gasteiger partial charge is 0.271 e. The maximum Gasteiger partial charge on any atom is 0.271 e. The Bertz CT molecular complexity index is 1590. The first-order valence-electron chi connectivity index (χ1n) is 12.4. The van der Waals surface area contributed by atoms with Crippen molar-refractivity contribution in [2.45, 2.75) is 20.3 Å². The average molecular weight is 507 g/mol. The molecule has 4 aromatic rings. The van der Waals surface area contributed by atoms with Crippen LogP contribution in [0.5, 0.6) is 0 Å². The number of ether oxygens (including phenoxy) is 1. The minimum absolute atomic E-state index is 0.0481. The van der Waals surface area contributed by atoms with Gasteiger partial charge in [0.2, 0.25) is 0 Å². The minimum Gasteiger partial charge on any atom is -0.454 e. The predicted octanol–water partition coefficient (Wildman–Crippen LogP) is 5.30. The Morgan fingerprint density at radius 2 is 1.84 bits per heavy atom. The van der Waals surface area contributed by atoms with Crippen molar-refractivity contribution in [1.82, 2.24) is 14.7 Å². The van der Waals surface area contributed by atoms with Crippen molar-refractivity contribution < 1.29 is 18.7 Å². The molecule has 0 saturated carbocycles. The van der Waals surface area contributed by atoms with E-state index >= 15 is 0 Å². The minimum atomic E-state index is -0.582. The molecular formula is C30H26N4O4. The van der Waals surface area contributed by atoms with Gasteiger partial charge in [0, 0.05) is 42.5 Å². The van der Waals surface area contributed by atoms with Crippen LogP contribution in [0.25, 0.3) is 34.2 Å². The number of hydrogen-bond donors (Lipinski definition) is 0. The van der Waals surface area contributed by atoms with Crippen molar-refractivity contribution in [3.8, 4) is 23.2 Å². The van der Waals surface area contributed by atoms with E-state index in [1.165, 1.54) is 0 Å². The fourth-order valence-corrected chi connectivity index (χ4v) is 4.45. The van der Waals surface area contributed by atoms with Gasteiger partial charge >= 0.3 is 0 Å². The van der Waals surface area contributed by atoms with Gasteiger partial charge in [0.1, 0.15) is 22.9 Å². The van der Waals surface area contributed by atoms with E-state index in [1.807, 2.05) is 79.9 Å². The summed E-state index contributed by atoms with van der Waals surface area (Å²) in [5.74, 6) is -0.491. The van der Waals surface area contributed by atoms with Crippen molar-refractivity contribution in [2.75, 3.05) is 19.8 Å².